The summed E-state index contributed by atoms with van der Waals surface area (Å²) in [5, 5.41) is 13.0. The number of carbonyl (C=O) groups excluding carboxylic acids is 1. The van der Waals surface area contributed by atoms with Crippen molar-refractivity contribution in [2.45, 2.75) is 6.54 Å². The number of fused-ring (bicyclic) bond motifs is 1. The first-order chi connectivity index (χ1) is 12.6. The van der Waals surface area contributed by atoms with Gasteiger partial charge in [-0.15, -0.1) is 0 Å². The monoisotopic (exact) mass is 384 g/mol. The highest BCUT2D eigenvalue weighted by Crippen LogP contribution is 2.36. The van der Waals surface area contributed by atoms with Crippen molar-refractivity contribution < 1.29 is 9.53 Å². The molecular formula is C20H14Cl2N2O2. The van der Waals surface area contributed by atoms with Crippen molar-refractivity contribution in [1.29, 1.82) is 5.26 Å². The average molecular weight is 385 g/mol. The summed E-state index contributed by atoms with van der Waals surface area (Å²) in [6, 6.07) is 14.7. The molecule has 1 aliphatic heterocycles. The van der Waals surface area contributed by atoms with E-state index in [9.17, 15) is 10.1 Å². The first kappa shape index (κ1) is 18.1. The molecule has 3 rings (SSSR count). The smallest absolute Gasteiger partial charge is 0.262 e. The van der Waals surface area contributed by atoms with Crippen LogP contribution in [0, 0.1) is 11.3 Å². The van der Waals surface area contributed by atoms with E-state index in [0.717, 1.165) is 5.56 Å². The quantitative estimate of drug-likeness (QED) is 0.621. The van der Waals surface area contributed by atoms with Gasteiger partial charge in [0.2, 0.25) is 0 Å². The third kappa shape index (κ3) is 4.26. The molecule has 0 saturated carbocycles. The van der Waals surface area contributed by atoms with Crippen LogP contribution in [0.15, 0.2) is 59.7 Å². The minimum absolute atomic E-state index is 0.00681. The maximum absolute atomic E-state index is 12.3. The molecule has 0 fully saturated rings. The number of amides is 1. The van der Waals surface area contributed by atoms with Crippen molar-refractivity contribution in [3.8, 4) is 11.8 Å². The number of carbonyl (C=O) groups is 1. The molecule has 26 heavy (non-hydrogen) atoms. The molecule has 2 aromatic rings. The van der Waals surface area contributed by atoms with Crippen LogP contribution in [-0.4, -0.2) is 12.5 Å². The Bertz CT molecular complexity index is 944. The molecule has 130 valence electrons. The lowest BCUT2D eigenvalue weighted by Crippen LogP contribution is -2.24. The number of ether oxygens (including phenoxy) is 1. The molecule has 1 amide bonds. The Morgan fingerprint density at radius 1 is 1.27 bits per heavy atom. The molecule has 0 bridgehead atoms. The van der Waals surface area contributed by atoms with Crippen molar-refractivity contribution in [2.24, 2.45) is 0 Å². The molecular weight excluding hydrogens is 371 g/mol. The Kier molecular flexibility index (Phi) is 5.62. The van der Waals surface area contributed by atoms with Crippen LogP contribution in [0.1, 0.15) is 11.1 Å². The standard InChI is InChI=1S/C20H14Cl2N2O2/c21-17-8-15-6-14(12-26-19(15)18(22)9-17)7-16(10-23)20(25)24-11-13-4-2-1-3-5-13/h1-9H,11-12H2,(H,24,25)/b16-7-. The van der Waals surface area contributed by atoms with Crippen LogP contribution in [0.4, 0.5) is 0 Å². The van der Waals surface area contributed by atoms with Gasteiger partial charge >= 0.3 is 0 Å². The second-order valence-corrected chi connectivity index (χ2v) is 6.50. The molecule has 1 N–H and O–H groups in total. The number of benzene rings is 2. The molecule has 2 aromatic carbocycles. The van der Waals surface area contributed by atoms with Crippen molar-refractivity contribution in [3.05, 3.63) is 80.9 Å². The van der Waals surface area contributed by atoms with E-state index in [1.165, 1.54) is 6.08 Å². The van der Waals surface area contributed by atoms with E-state index in [-0.39, 0.29) is 12.2 Å². The van der Waals surface area contributed by atoms with E-state index >= 15 is 0 Å². The minimum Gasteiger partial charge on any atom is -0.487 e. The van der Waals surface area contributed by atoms with Gasteiger partial charge in [0.25, 0.3) is 5.91 Å². The van der Waals surface area contributed by atoms with Crippen LogP contribution >= 0.6 is 23.2 Å². The maximum atomic E-state index is 12.3. The number of nitrogens with zero attached hydrogens (tertiary/aromatic N) is 1. The van der Waals surface area contributed by atoms with Gasteiger partial charge in [-0.05, 0) is 35.4 Å². The zero-order chi connectivity index (χ0) is 18.5. The van der Waals surface area contributed by atoms with Crippen molar-refractivity contribution >= 4 is 35.2 Å². The summed E-state index contributed by atoms with van der Waals surface area (Å²) in [6.45, 7) is 0.563. The fourth-order valence-electron chi connectivity index (χ4n) is 2.53. The molecule has 1 heterocycles. The Morgan fingerprint density at radius 3 is 2.77 bits per heavy atom. The number of hydrogen-bond acceptors (Lipinski definition) is 3. The SMILES string of the molecule is N#C/C(=C/C1=Cc2cc(Cl)cc(Cl)c2OC1)C(=O)NCc1ccccc1. The van der Waals surface area contributed by atoms with Crippen LogP contribution in [0.2, 0.25) is 10.0 Å². The van der Waals surface area contributed by atoms with Crippen LogP contribution in [0.3, 0.4) is 0 Å². The molecule has 0 unspecified atom stereocenters. The van der Waals surface area contributed by atoms with Gasteiger partial charge in [-0.3, -0.25) is 4.79 Å². The van der Waals surface area contributed by atoms with E-state index in [4.69, 9.17) is 27.9 Å². The second-order valence-electron chi connectivity index (χ2n) is 5.65. The average Bonchev–Trinajstić information content (AvgIpc) is 2.64. The molecule has 0 aromatic heterocycles. The molecule has 4 nitrogen and oxygen atoms in total. The van der Waals surface area contributed by atoms with E-state index < -0.39 is 5.91 Å². The minimum atomic E-state index is -0.438. The van der Waals surface area contributed by atoms with Gasteiger partial charge in [0.15, 0.2) is 0 Å². The molecule has 0 radical (unpaired) electrons. The Labute approximate surface area is 161 Å². The normalized spacial score (nSPS) is 13.1. The lowest BCUT2D eigenvalue weighted by molar-refractivity contribution is -0.117. The maximum Gasteiger partial charge on any atom is 0.262 e. The van der Waals surface area contributed by atoms with Crippen LogP contribution in [0.5, 0.6) is 5.75 Å². The summed E-state index contributed by atoms with van der Waals surface area (Å²) in [4.78, 5) is 12.3. The zero-order valence-corrected chi connectivity index (χ0v) is 15.1. The van der Waals surface area contributed by atoms with Crippen molar-refractivity contribution in [2.75, 3.05) is 6.61 Å². The number of rotatable bonds is 4. The third-order valence-electron chi connectivity index (χ3n) is 3.75. The van der Waals surface area contributed by atoms with Gasteiger partial charge < -0.3 is 10.1 Å². The predicted molar refractivity (Wildman–Crippen MR) is 102 cm³/mol. The molecule has 0 aliphatic carbocycles. The van der Waals surface area contributed by atoms with E-state index in [1.54, 1.807) is 18.2 Å². The highest BCUT2D eigenvalue weighted by molar-refractivity contribution is 6.36. The summed E-state index contributed by atoms with van der Waals surface area (Å²) in [6.07, 6.45) is 3.32. The highest BCUT2D eigenvalue weighted by atomic mass is 35.5. The predicted octanol–water partition coefficient (Wildman–Crippen LogP) is 4.54. The Hall–Kier alpha value is -2.74. The second kappa shape index (κ2) is 8.09. The van der Waals surface area contributed by atoms with E-state index in [2.05, 4.69) is 5.32 Å². The fourth-order valence-corrected chi connectivity index (χ4v) is 3.09. The number of halogens is 2. The summed E-state index contributed by atoms with van der Waals surface area (Å²) in [5.41, 5.74) is 2.35. The van der Waals surface area contributed by atoms with E-state index in [0.29, 0.717) is 33.5 Å². The molecule has 1 aliphatic rings. The fraction of sp³-hybridized carbons (Fsp3) is 0.100. The van der Waals surface area contributed by atoms with E-state index in [1.807, 2.05) is 36.4 Å². The summed E-state index contributed by atoms with van der Waals surface area (Å²) < 4.78 is 5.63. The number of nitrogens with one attached hydrogen (secondary N) is 1. The number of hydrogen-bond donors (Lipinski definition) is 1. The Morgan fingerprint density at radius 2 is 2.04 bits per heavy atom. The van der Waals surface area contributed by atoms with Crippen LogP contribution < -0.4 is 10.1 Å². The van der Waals surface area contributed by atoms with Gasteiger partial charge in [-0.2, -0.15) is 5.26 Å². The van der Waals surface area contributed by atoms with Gasteiger partial charge in [-0.25, -0.2) is 0 Å². The largest absolute Gasteiger partial charge is 0.487 e. The van der Waals surface area contributed by atoms with Crippen LogP contribution in [-0.2, 0) is 11.3 Å². The summed E-state index contributed by atoms with van der Waals surface area (Å²) in [7, 11) is 0. The molecule has 0 saturated heterocycles. The van der Waals surface area contributed by atoms with Crippen molar-refractivity contribution in [1.82, 2.24) is 5.32 Å². The molecule has 0 atom stereocenters. The highest BCUT2D eigenvalue weighted by Gasteiger charge is 2.17. The lowest BCUT2D eigenvalue weighted by Gasteiger charge is -2.18. The third-order valence-corrected chi connectivity index (χ3v) is 4.25. The zero-order valence-electron chi connectivity index (χ0n) is 13.6. The van der Waals surface area contributed by atoms with Gasteiger partial charge in [0.1, 0.15) is 24.0 Å². The van der Waals surface area contributed by atoms with Gasteiger partial charge in [0.05, 0.1) is 5.02 Å². The Balaban J connectivity index is 1.77. The number of nitriles is 1. The summed E-state index contributed by atoms with van der Waals surface area (Å²) >= 11 is 12.1. The lowest BCUT2D eigenvalue weighted by atomic mass is 10.0. The first-order valence-electron chi connectivity index (χ1n) is 7.83. The topological polar surface area (TPSA) is 62.1 Å². The van der Waals surface area contributed by atoms with Gasteiger partial charge in [0, 0.05) is 17.1 Å². The van der Waals surface area contributed by atoms with Crippen LogP contribution in [0.25, 0.3) is 6.08 Å². The molecule has 6 heteroatoms. The summed E-state index contributed by atoms with van der Waals surface area (Å²) in [5.74, 6) is 0.104. The van der Waals surface area contributed by atoms with Gasteiger partial charge in [-0.1, -0.05) is 53.5 Å². The van der Waals surface area contributed by atoms with Crippen molar-refractivity contribution in [3.63, 3.8) is 0 Å². The first-order valence-corrected chi connectivity index (χ1v) is 8.59. The molecule has 0 spiro atoms.